The van der Waals surface area contributed by atoms with Crippen LogP contribution in [0.3, 0.4) is 0 Å². The molecular weight excluding hydrogens is 228 g/mol. The lowest BCUT2D eigenvalue weighted by atomic mass is 9.82. The first-order valence-corrected chi connectivity index (χ1v) is 7.16. The van der Waals surface area contributed by atoms with Crippen LogP contribution in [0.25, 0.3) is 0 Å². The molecule has 1 aliphatic heterocycles. The van der Waals surface area contributed by atoms with E-state index in [0.717, 1.165) is 44.7 Å². The molecule has 5 heteroatoms. The van der Waals surface area contributed by atoms with Gasteiger partial charge in [-0.15, -0.1) is 0 Å². The summed E-state index contributed by atoms with van der Waals surface area (Å²) in [6.45, 7) is 2.08. The molecule has 100 valence electrons. The minimum absolute atomic E-state index is 0.376. The molecule has 0 unspecified atom stereocenters. The quantitative estimate of drug-likeness (QED) is 0.871. The van der Waals surface area contributed by atoms with Crippen molar-refractivity contribution in [3.63, 3.8) is 0 Å². The highest BCUT2D eigenvalue weighted by molar-refractivity contribution is 5.29. The van der Waals surface area contributed by atoms with Gasteiger partial charge in [0.1, 0.15) is 0 Å². The third-order valence-corrected chi connectivity index (χ3v) is 4.23. The fourth-order valence-corrected chi connectivity index (χ4v) is 3.04. The smallest absolute Gasteiger partial charge is 0.266 e. The van der Waals surface area contributed by atoms with Crippen molar-refractivity contribution >= 4 is 5.95 Å². The van der Waals surface area contributed by atoms with Crippen molar-refractivity contribution in [1.29, 1.82) is 0 Å². The third kappa shape index (κ3) is 2.23. The van der Waals surface area contributed by atoms with Crippen molar-refractivity contribution in [1.82, 2.24) is 10.1 Å². The van der Waals surface area contributed by atoms with Gasteiger partial charge in [-0.2, -0.15) is 4.98 Å². The molecule has 1 saturated carbocycles. The number of anilines is 1. The van der Waals surface area contributed by atoms with Crippen LogP contribution in [0.1, 0.15) is 57.3 Å². The summed E-state index contributed by atoms with van der Waals surface area (Å²) in [5, 5.41) is 4.12. The second kappa shape index (κ2) is 4.88. The summed E-state index contributed by atoms with van der Waals surface area (Å²) in [6, 6.07) is 0. The van der Waals surface area contributed by atoms with Gasteiger partial charge in [0.25, 0.3) is 5.95 Å². The van der Waals surface area contributed by atoms with Gasteiger partial charge in [-0.1, -0.05) is 19.3 Å². The SMILES string of the molecule is NC1(c2nc(N3CCCCC3)no2)CCCCC1. The van der Waals surface area contributed by atoms with Crippen LogP contribution in [-0.4, -0.2) is 23.2 Å². The molecule has 1 aromatic rings. The Kier molecular flexibility index (Phi) is 3.24. The maximum absolute atomic E-state index is 6.41. The van der Waals surface area contributed by atoms with Gasteiger partial charge >= 0.3 is 0 Å². The first-order chi connectivity index (χ1) is 8.78. The second-order valence-corrected chi connectivity index (χ2v) is 5.66. The second-order valence-electron chi connectivity index (χ2n) is 5.66. The van der Waals surface area contributed by atoms with E-state index in [1.165, 1.54) is 25.7 Å². The van der Waals surface area contributed by atoms with Crippen LogP contribution in [0, 0.1) is 0 Å². The molecule has 0 bridgehead atoms. The lowest BCUT2D eigenvalue weighted by Crippen LogP contribution is -2.39. The Balaban J connectivity index is 1.75. The molecule has 0 aromatic carbocycles. The molecule has 1 aromatic heterocycles. The van der Waals surface area contributed by atoms with Gasteiger partial charge in [0.05, 0.1) is 5.54 Å². The van der Waals surface area contributed by atoms with Crippen LogP contribution in [-0.2, 0) is 5.54 Å². The summed E-state index contributed by atoms with van der Waals surface area (Å²) in [5.74, 6) is 1.38. The molecule has 1 saturated heterocycles. The fraction of sp³-hybridized carbons (Fsp3) is 0.846. The molecule has 1 aliphatic carbocycles. The van der Waals surface area contributed by atoms with E-state index in [9.17, 15) is 0 Å². The average molecular weight is 250 g/mol. The molecule has 5 nitrogen and oxygen atoms in total. The molecule has 0 amide bonds. The van der Waals surface area contributed by atoms with Crippen molar-refractivity contribution < 1.29 is 4.52 Å². The average Bonchev–Trinajstić information content (AvgIpc) is 2.91. The predicted molar refractivity (Wildman–Crippen MR) is 69.3 cm³/mol. The van der Waals surface area contributed by atoms with E-state index in [1.54, 1.807) is 0 Å². The monoisotopic (exact) mass is 250 g/mol. The number of piperidine rings is 1. The summed E-state index contributed by atoms with van der Waals surface area (Å²) in [7, 11) is 0. The molecule has 0 atom stereocenters. The number of hydrogen-bond donors (Lipinski definition) is 1. The summed E-state index contributed by atoms with van der Waals surface area (Å²) in [4.78, 5) is 6.76. The molecule has 0 radical (unpaired) electrons. The lowest BCUT2D eigenvalue weighted by molar-refractivity contribution is 0.220. The summed E-state index contributed by atoms with van der Waals surface area (Å²) >= 11 is 0. The standard InChI is InChI=1S/C13H22N4O/c14-13(7-3-1-4-8-13)11-15-12(16-18-11)17-9-5-2-6-10-17/h1-10,14H2. The van der Waals surface area contributed by atoms with Crippen molar-refractivity contribution in [2.24, 2.45) is 5.73 Å². The summed E-state index contributed by atoms with van der Waals surface area (Å²) < 4.78 is 5.43. The van der Waals surface area contributed by atoms with Gasteiger partial charge in [0.15, 0.2) is 0 Å². The zero-order valence-electron chi connectivity index (χ0n) is 10.9. The van der Waals surface area contributed by atoms with Gasteiger partial charge in [-0.25, -0.2) is 0 Å². The van der Waals surface area contributed by atoms with Crippen LogP contribution in [0.15, 0.2) is 4.52 Å². The van der Waals surface area contributed by atoms with Crippen LogP contribution >= 0.6 is 0 Å². The molecule has 2 heterocycles. The Morgan fingerprint density at radius 2 is 1.67 bits per heavy atom. The lowest BCUT2D eigenvalue weighted by Gasteiger charge is -2.29. The zero-order chi connectivity index (χ0) is 12.4. The van der Waals surface area contributed by atoms with Gasteiger partial charge in [0, 0.05) is 13.1 Å². The van der Waals surface area contributed by atoms with Crippen molar-refractivity contribution in [2.45, 2.75) is 56.9 Å². The van der Waals surface area contributed by atoms with E-state index < -0.39 is 0 Å². The van der Waals surface area contributed by atoms with E-state index in [2.05, 4.69) is 15.0 Å². The Hall–Kier alpha value is -1.10. The number of aromatic nitrogens is 2. The highest BCUT2D eigenvalue weighted by Gasteiger charge is 2.35. The van der Waals surface area contributed by atoms with Crippen LogP contribution in [0.5, 0.6) is 0 Å². The van der Waals surface area contributed by atoms with Gasteiger partial charge < -0.3 is 15.2 Å². The van der Waals surface area contributed by atoms with Gasteiger partial charge in [-0.3, -0.25) is 0 Å². The molecule has 2 N–H and O–H groups in total. The van der Waals surface area contributed by atoms with Crippen LogP contribution in [0.2, 0.25) is 0 Å². The summed E-state index contributed by atoms with van der Waals surface area (Å²) in [5.41, 5.74) is 6.03. The topological polar surface area (TPSA) is 68.2 Å². The van der Waals surface area contributed by atoms with Gasteiger partial charge in [0.2, 0.25) is 5.89 Å². The van der Waals surface area contributed by atoms with E-state index in [-0.39, 0.29) is 5.54 Å². The fourth-order valence-electron chi connectivity index (χ4n) is 3.04. The number of nitrogens with zero attached hydrogens (tertiary/aromatic N) is 3. The minimum atomic E-state index is -0.376. The molecule has 0 spiro atoms. The predicted octanol–water partition coefficient (Wildman–Crippen LogP) is 2.18. The van der Waals surface area contributed by atoms with Crippen molar-refractivity contribution in [3.8, 4) is 0 Å². The van der Waals surface area contributed by atoms with E-state index >= 15 is 0 Å². The Labute approximate surface area is 108 Å². The van der Waals surface area contributed by atoms with E-state index in [0.29, 0.717) is 5.89 Å². The first-order valence-electron chi connectivity index (χ1n) is 7.16. The maximum atomic E-state index is 6.41. The molecule has 18 heavy (non-hydrogen) atoms. The zero-order valence-corrected chi connectivity index (χ0v) is 10.9. The highest BCUT2D eigenvalue weighted by Crippen LogP contribution is 2.34. The molecule has 2 aliphatic rings. The Morgan fingerprint density at radius 3 is 2.39 bits per heavy atom. The van der Waals surface area contributed by atoms with Crippen molar-refractivity contribution in [3.05, 3.63) is 5.89 Å². The van der Waals surface area contributed by atoms with Gasteiger partial charge in [-0.05, 0) is 37.3 Å². The van der Waals surface area contributed by atoms with E-state index in [4.69, 9.17) is 10.3 Å². The normalized spacial score (nSPS) is 24.2. The minimum Gasteiger partial charge on any atom is -0.338 e. The molecule has 2 fully saturated rings. The first kappa shape index (κ1) is 12.0. The maximum Gasteiger partial charge on any atom is 0.266 e. The third-order valence-electron chi connectivity index (χ3n) is 4.23. The number of nitrogens with two attached hydrogens (primary N) is 1. The number of hydrogen-bond acceptors (Lipinski definition) is 5. The van der Waals surface area contributed by atoms with Crippen molar-refractivity contribution in [2.75, 3.05) is 18.0 Å². The Bertz CT molecular complexity index is 391. The highest BCUT2D eigenvalue weighted by atomic mass is 16.5. The number of rotatable bonds is 2. The molecule has 3 rings (SSSR count). The van der Waals surface area contributed by atoms with Crippen LogP contribution in [0.4, 0.5) is 5.95 Å². The molecular formula is C13H22N4O. The largest absolute Gasteiger partial charge is 0.338 e. The van der Waals surface area contributed by atoms with Crippen LogP contribution < -0.4 is 10.6 Å². The Morgan fingerprint density at radius 1 is 1.00 bits per heavy atom. The summed E-state index contributed by atoms with van der Waals surface area (Å²) in [6.07, 6.45) is 9.28. The van der Waals surface area contributed by atoms with E-state index in [1.807, 2.05) is 0 Å².